The molecule has 1 N–H and O–H groups in total. The van der Waals surface area contributed by atoms with E-state index in [1.807, 2.05) is 0 Å². The molecule has 0 saturated heterocycles. The standard InChI is InChI=1S/C20H13F2N3O/c1-13-24-18(14-7-9-16(21)10-8-14)17(19(22)25-13)11-12-23-20(26)15-5-3-2-4-6-15/h2-10H,1H3,(H,23,26). The number of rotatable bonds is 2. The second kappa shape index (κ2) is 7.53. The van der Waals surface area contributed by atoms with Crippen molar-refractivity contribution in [1.29, 1.82) is 0 Å². The van der Waals surface area contributed by atoms with Gasteiger partial charge >= 0.3 is 0 Å². The van der Waals surface area contributed by atoms with E-state index in [-0.39, 0.29) is 17.1 Å². The predicted octanol–water partition coefficient (Wildman–Crippen LogP) is 3.47. The lowest BCUT2D eigenvalue weighted by Gasteiger charge is -2.06. The summed E-state index contributed by atoms with van der Waals surface area (Å²) in [7, 11) is 0. The Kier molecular flexibility index (Phi) is 4.99. The molecule has 128 valence electrons. The maximum atomic E-state index is 14.3. The van der Waals surface area contributed by atoms with Crippen LogP contribution < -0.4 is 5.32 Å². The van der Waals surface area contributed by atoms with Crippen LogP contribution in [-0.4, -0.2) is 15.9 Å². The van der Waals surface area contributed by atoms with Crippen LogP contribution in [0.1, 0.15) is 21.7 Å². The Morgan fingerprint density at radius 3 is 2.38 bits per heavy atom. The van der Waals surface area contributed by atoms with Gasteiger partial charge in [0.1, 0.15) is 17.2 Å². The number of halogens is 2. The molecule has 0 unspecified atom stereocenters. The van der Waals surface area contributed by atoms with Gasteiger partial charge in [-0.3, -0.25) is 10.1 Å². The van der Waals surface area contributed by atoms with Crippen molar-refractivity contribution >= 4 is 5.91 Å². The zero-order valence-corrected chi connectivity index (χ0v) is 13.8. The minimum atomic E-state index is -0.807. The third kappa shape index (κ3) is 3.90. The van der Waals surface area contributed by atoms with E-state index in [2.05, 4.69) is 27.2 Å². The van der Waals surface area contributed by atoms with Crippen LogP contribution in [0, 0.1) is 30.7 Å². The lowest BCUT2D eigenvalue weighted by molar-refractivity contribution is 0.0973. The van der Waals surface area contributed by atoms with E-state index in [1.165, 1.54) is 24.3 Å². The molecular formula is C20H13F2N3O. The Balaban J connectivity index is 1.93. The molecule has 0 fully saturated rings. The van der Waals surface area contributed by atoms with Crippen molar-refractivity contribution in [3.05, 3.63) is 83.3 Å². The van der Waals surface area contributed by atoms with Gasteiger partial charge in [0, 0.05) is 17.2 Å². The first kappa shape index (κ1) is 17.2. The number of carbonyl (C=O) groups excluding carboxylic acids is 1. The molecule has 0 aliphatic heterocycles. The Hall–Kier alpha value is -3.59. The van der Waals surface area contributed by atoms with Gasteiger partial charge in [-0.05, 0) is 49.2 Å². The van der Waals surface area contributed by atoms with Crippen LogP contribution in [0.15, 0.2) is 54.6 Å². The van der Waals surface area contributed by atoms with Gasteiger partial charge in [-0.1, -0.05) is 18.2 Å². The quantitative estimate of drug-likeness (QED) is 0.438. The largest absolute Gasteiger partial charge is 0.281 e. The van der Waals surface area contributed by atoms with Crippen LogP contribution >= 0.6 is 0 Å². The van der Waals surface area contributed by atoms with E-state index in [1.54, 1.807) is 37.3 Å². The van der Waals surface area contributed by atoms with Crippen molar-refractivity contribution in [2.24, 2.45) is 0 Å². The molecule has 0 spiro atoms. The molecule has 4 nitrogen and oxygen atoms in total. The highest BCUT2D eigenvalue weighted by Crippen LogP contribution is 2.22. The summed E-state index contributed by atoms with van der Waals surface area (Å²) in [5.74, 6) is 1.14. The molecule has 2 aromatic carbocycles. The summed E-state index contributed by atoms with van der Waals surface area (Å²) in [5.41, 5.74) is 1.09. The summed E-state index contributed by atoms with van der Waals surface area (Å²) in [5, 5.41) is 2.39. The fourth-order valence-corrected chi connectivity index (χ4v) is 2.28. The average molecular weight is 349 g/mol. The molecule has 6 heteroatoms. The van der Waals surface area contributed by atoms with Gasteiger partial charge in [0.25, 0.3) is 5.91 Å². The second-order valence-electron chi connectivity index (χ2n) is 5.36. The van der Waals surface area contributed by atoms with E-state index in [9.17, 15) is 13.6 Å². The van der Waals surface area contributed by atoms with Crippen molar-refractivity contribution in [1.82, 2.24) is 15.3 Å². The first-order valence-electron chi connectivity index (χ1n) is 7.71. The Morgan fingerprint density at radius 1 is 1.00 bits per heavy atom. The van der Waals surface area contributed by atoms with Gasteiger partial charge in [-0.2, -0.15) is 4.39 Å². The number of aromatic nitrogens is 2. The van der Waals surface area contributed by atoms with E-state index in [0.717, 1.165) is 0 Å². The van der Waals surface area contributed by atoms with Crippen molar-refractivity contribution < 1.29 is 13.6 Å². The molecule has 0 atom stereocenters. The summed E-state index contributed by atoms with van der Waals surface area (Å²) in [6.45, 7) is 1.55. The Bertz CT molecular complexity index is 1010. The molecule has 0 saturated carbocycles. The van der Waals surface area contributed by atoms with Crippen LogP contribution in [-0.2, 0) is 0 Å². The fourth-order valence-electron chi connectivity index (χ4n) is 2.28. The van der Waals surface area contributed by atoms with Gasteiger partial charge in [0.2, 0.25) is 5.95 Å². The van der Waals surface area contributed by atoms with E-state index >= 15 is 0 Å². The van der Waals surface area contributed by atoms with Crippen molar-refractivity contribution in [2.45, 2.75) is 6.92 Å². The highest BCUT2D eigenvalue weighted by atomic mass is 19.1. The van der Waals surface area contributed by atoms with Gasteiger partial charge in [-0.15, -0.1) is 0 Å². The van der Waals surface area contributed by atoms with E-state index < -0.39 is 17.7 Å². The van der Waals surface area contributed by atoms with E-state index in [0.29, 0.717) is 11.1 Å². The molecule has 0 aliphatic carbocycles. The minimum absolute atomic E-state index is 0.0735. The zero-order chi connectivity index (χ0) is 18.5. The molecule has 1 heterocycles. The number of benzene rings is 2. The molecule has 0 radical (unpaired) electrons. The molecule has 0 bridgehead atoms. The summed E-state index contributed by atoms with van der Waals surface area (Å²) in [6, 6.07) is 16.4. The van der Waals surface area contributed by atoms with Crippen LogP contribution in [0.3, 0.4) is 0 Å². The highest BCUT2D eigenvalue weighted by molar-refractivity contribution is 5.95. The van der Waals surface area contributed by atoms with Crippen molar-refractivity contribution in [2.75, 3.05) is 0 Å². The maximum absolute atomic E-state index is 14.3. The number of hydrogen-bond donors (Lipinski definition) is 1. The number of hydrogen-bond acceptors (Lipinski definition) is 3. The number of amides is 1. The molecule has 1 aromatic heterocycles. The normalized spacial score (nSPS) is 9.96. The topological polar surface area (TPSA) is 54.9 Å². The number of nitrogens with zero attached hydrogens (tertiary/aromatic N) is 2. The van der Waals surface area contributed by atoms with Crippen LogP contribution in [0.4, 0.5) is 8.78 Å². The van der Waals surface area contributed by atoms with Crippen LogP contribution in [0.2, 0.25) is 0 Å². The zero-order valence-electron chi connectivity index (χ0n) is 13.8. The van der Waals surface area contributed by atoms with Gasteiger partial charge in [0.15, 0.2) is 0 Å². The molecular weight excluding hydrogens is 336 g/mol. The maximum Gasteiger partial charge on any atom is 0.262 e. The highest BCUT2D eigenvalue weighted by Gasteiger charge is 2.13. The summed E-state index contributed by atoms with van der Waals surface area (Å²) in [4.78, 5) is 19.9. The smallest absolute Gasteiger partial charge is 0.262 e. The SMILES string of the molecule is Cc1nc(F)c(C#CNC(=O)c2ccccc2)c(-c2ccc(F)cc2)n1. The lowest BCUT2D eigenvalue weighted by atomic mass is 10.1. The predicted molar refractivity (Wildman–Crippen MR) is 92.9 cm³/mol. The molecule has 26 heavy (non-hydrogen) atoms. The van der Waals surface area contributed by atoms with E-state index in [4.69, 9.17) is 0 Å². The number of carbonyl (C=O) groups is 1. The van der Waals surface area contributed by atoms with Gasteiger partial charge in [0.05, 0.1) is 5.69 Å². The fraction of sp³-hybridized carbons (Fsp3) is 0.0500. The Labute approximate surface area is 148 Å². The summed E-state index contributed by atoms with van der Waals surface area (Å²) in [6.07, 6.45) is 0. The summed E-state index contributed by atoms with van der Waals surface area (Å²) >= 11 is 0. The van der Waals surface area contributed by atoms with Crippen molar-refractivity contribution in [3.8, 4) is 23.2 Å². The van der Waals surface area contributed by atoms with Gasteiger partial charge < -0.3 is 0 Å². The van der Waals surface area contributed by atoms with Crippen LogP contribution in [0.5, 0.6) is 0 Å². The first-order chi connectivity index (χ1) is 12.5. The van der Waals surface area contributed by atoms with Crippen molar-refractivity contribution in [3.63, 3.8) is 0 Å². The van der Waals surface area contributed by atoms with Gasteiger partial charge in [-0.25, -0.2) is 14.4 Å². The molecule has 1 amide bonds. The Morgan fingerprint density at radius 2 is 1.69 bits per heavy atom. The van der Waals surface area contributed by atoms with Crippen LogP contribution in [0.25, 0.3) is 11.3 Å². The average Bonchev–Trinajstić information content (AvgIpc) is 2.64. The molecule has 3 rings (SSSR count). The summed E-state index contributed by atoms with van der Waals surface area (Å²) < 4.78 is 27.4. The first-order valence-corrected chi connectivity index (χ1v) is 7.71. The minimum Gasteiger partial charge on any atom is -0.281 e. The number of nitrogens with one attached hydrogen (secondary N) is 1. The third-order valence-corrected chi connectivity index (χ3v) is 3.49. The second-order valence-corrected chi connectivity index (χ2v) is 5.36. The monoisotopic (exact) mass is 349 g/mol. The number of aryl methyl sites for hydroxylation is 1. The third-order valence-electron chi connectivity index (χ3n) is 3.49. The lowest BCUT2D eigenvalue weighted by Crippen LogP contribution is -2.17. The molecule has 0 aliphatic rings. The molecule has 3 aromatic rings.